The molecular weight excluding hydrogens is 406 g/mol. The highest BCUT2D eigenvalue weighted by Crippen LogP contribution is 2.22. The third kappa shape index (κ3) is 4.02. The zero-order chi connectivity index (χ0) is 21.1. The Kier molecular flexibility index (Phi) is 5.71. The molecule has 3 heterocycles. The van der Waals surface area contributed by atoms with Crippen LogP contribution in [0.5, 0.6) is 0 Å². The van der Waals surface area contributed by atoms with Crippen LogP contribution in [0.3, 0.4) is 0 Å². The number of H-pyrrole nitrogens is 1. The van der Waals surface area contributed by atoms with Gasteiger partial charge in [0.1, 0.15) is 22.5 Å². The molecule has 1 atom stereocenters. The summed E-state index contributed by atoms with van der Waals surface area (Å²) in [6, 6.07) is 10.4. The zero-order valence-electron chi connectivity index (χ0n) is 16.5. The molecule has 3 aromatic rings. The van der Waals surface area contributed by atoms with Gasteiger partial charge in [-0.05, 0) is 11.6 Å². The molecule has 4 rings (SSSR count). The second kappa shape index (κ2) is 8.42. The Morgan fingerprint density at radius 1 is 1.23 bits per heavy atom. The van der Waals surface area contributed by atoms with E-state index in [0.717, 1.165) is 5.56 Å². The van der Waals surface area contributed by atoms with E-state index in [1.165, 1.54) is 16.6 Å². The van der Waals surface area contributed by atoms with Gasteiger partial charge in [-0.15, -0.1) is 0 Å². The summed E-state index contributed by atoms with van der Waals surface area (Å²) in [4.78, 5) is 20.2. The van der Waals surface area contributed by atoms with Crippen LogP contribution in [0.4, 0.5) is 0 Å². The van der Waals surface area contributed by atoms with Gasteiger partial charge in [-0.1, -0.05) is 30.3 Å². The number of nitrogens with one attached hydrogen (secondary N) is 2. The van der Waals surface area contributed by atoms with Crippen LogP contribution in [0.25, 0.3) is 0 Å². The van der Waals surface area contributed by atoms with Crippen LogP contribution in [0.1, 0.15) is 27.9 Å². The number of carbonyl (C=O) groups excluding carboxylic acids is 1. The average Bonchev–Trinajstić information content (AvgIpc) is 3.43. The molecule has 1 aliphatic rings. The van der Waals surface area contributed by atoms with E-state index in [4.69, 9.17) is 4.74 Å². The van der Waals surface area contributed by atoms with Gasteiger partial charge in [0.15, 0.2) is 0 Å². The molecule has 0 saturated carbocycles. The highest BCUT2D eigenvalue weighted by atomic mass is 32.2. The van der Waals surface area contributed by atoms with Crippen LogP contribution in [-0.4, -0.2) is 59.5 Å². The maximum absolute atomic E-state index is 12.9. The Morgan fingerprint density at radius 2 is 1.97 bits per heavy atom. The Morgan fingerprint density at radius 3 is 2.63 bits per heavy atom. The lowest BCUT2D eigenvalue weighted by Crippen LogP contribution is -2.40. The molecule has 2 aromatic heterocycles. The molecule has 30 heavy (non-hydrogen) atoms. The molecular formula is C20H23N5O4S. The normalized spacial score (nSPS) is 16.3. The quantitative estimate of drug-likeness (QED) is 0.614. The molecule has 0 radical (unpaired) electrons. The van der Waals surface area contributed by atoms with E-state index in [9.17, 15) is 13.2 Å². The first-order valence-corrected chi connectivity index (χ1v) is 11.0. The van der Waals surface area contributed by atoms with Crippen LogP contribution in [-0.2, 0) is 21.8 Å². The molecule has 2 N–H and O–H groups in total. The van der Waals surface area contributed by atoms with E-state index in [1.54, 1.807) is 12.4 Å². The van der Waals surface area contributed by atoms with E-state index in [0.29, 0.717) is 32.1 Å². The molecule has 1 aliphatic heterocycles. The predicted octanol–water partition coefficient (Wildman–Crippen LogP) is 1.29. The summed E-state index contributed by atoms with van der Waals surface area (Å²) in [6.45, 7) is 1.31. The topological polar surface area (TPSA) is 109 Å². The van der Waals surface area contributed by atoms with Crippen molar-refractivity contribution in [2.75, 3.05) is 26.3 Å². The fourth-order valence-electron chi connectivity index (χ4n) is 3.40. The Labute approximate surface area is 174 Å². The minimum Gasteiger partial charge on any atom is -0.379 e. The number of hydrogen-bond acceptors (Lipinski definition) is 5. The van der Waals surface area contributed by atoms with Crippen molar-refractivity contribution in [3.8, 4) is 0 Å². The van der Waals surface area contributed by atoms with Crippen molar-refractivity contribution in [3.63, 3.8) is 0 Å². The van der Waals surface area contributed by atoms with Gasteiger partial charge in [0, 0.05) is 38.7 Å². The van der Waals surface area contributed by atoms with Crippen molar-refractivity contribution in [2.24, 2.45) is 7.05 Å². The molecule has 1 amide bonds. The number of aromatic nitrogens is 3. The fraction of sp³-hybridized carbons (Fsp3) is 0.300. The predicted molar refractivity (Wildman–Crippen MR) is 109 cm³/mol. The molecule has 1 unspecified atom stereocenters. The summed E-state index contributed by atoms with van der Waals surface area (Å²) in [5, 5.41) is 2.96. The SMILES string of the molecule is Cn1ccnc1C(NC(=O)c1cc(S(=O)(=O)N2CCOCC2)c[nH]1)c1ccccc1. The first kappa shape index (κ1) is 20.3. The highest BCUT2D eigenvalue weighted by molar-refractivity contribution is 7.89. The second-order valence-corrected chi connectivity index (χ2v) is 8.92. The molecule has 1 saturated heterocycles. The van der Waals surface area contributed by atoms with Crippen molar-refractivity contribution in [1.82, 2.24) is 24.2 Å². The number of ether oxygens (including phenoxy) is 1. The van der Waals surface area contributed by atoms with Gasteiger partial charge in [-0.3, -0.25) is 4.79 Å². The Hall–Kier alpha value is -2.95. The summed E-state index contributed by atoms with van der Waals surface area (Å²) < 4.78 is 34.0. The van der Waals surface area contributed by atoms with Gasteiger partial charge in [0.25, 0.3) is 5.91 Å². The van der Waals surface area contributed by atoms with E-state index in [-0.39, 0.29) is 10.6 Å². The lowest BCUT2D eigenvalue weighted by Gasteiger charge is -2.25. The van der Waals surface area contributed by atoms with Crippen molar-refractivity contribution in [2.45, 2.75) is 10.9 Å². The number of benzene rings is 1. The number of carbonyl (C=O) groups is 1. The van der Waals surface area contributed by atoms with Gasteiger partial charge in [0.05, 0.1) is 13.2 Å². The summed E-state index contributed by atoms with van der Waals surface area (Å²) in [5.74, 6) is 0.248. The smallest absolute Gasteiger partial charge is 0.268 e. The van der Waals surface area contributed by atoms with Crippen LogP contribution in [0, 0.1) is 0 Å². The summed E-state index contributed by atoms with van der Waals surface area (Å²) in [5.41, 5.74) is 1.03. The molecule has 9 nitrogen and oxygen atoms in total. The lowest BCUT2D eigenvalue weighted by atomic mass is 10.1. The van der Waals surface area contributed by atoms with Crippen molar-refractivity contribution >= 4 is 15.9 Å². The maximum Gasteiger partial charge on any atom is 0.268 e. The van der Waals surface area contributed by atoms with Gasteiger partial charge in [0.2, 0.25) is 10.0 Å². The molecule has 0 aliphatic carbocycles. The van der Waals surface area contributed by atoms with E-state index < -0.39 is 22.0 Å². The highest BCUT2D eigenvalue weighted by Gasteiger charge is 2.29. The number of aromatic amines is 1. The minimum absolute atomic E-state index is 0.0582. The maximum atomic E-state index is 12.9. The summed E-state index contributed by atoms with van der Waals surface area (Å²) in [7, 11) is -1.83. The van der Waals surface area contributed by atoms with Gasteiger partial charge >= 0.3 is 0 Å². The molecule has 0 bridgehead atoms. The number of aryl methyl sites for hydroxylation is 1. The first-order valence-electron chi connectivity index (χ1n) is 9.56. The number of sulfonamides is 1. The summed E-state index contributed by atoms with van der Waals surface area (Å²) in [6.07, 6.45) is 4.82. The number of morpholine rings is 1. The fourth-order valence-corrected chi connectivity index (χ4v) is 4.80. The van der Waals surface area contributed by atoms with E-state index in [1.807, 2.05) is 41.9 Å². The number of nitrogens with zero attached hydrogens (tertiary/aromatic N) is 3. The molecule has 1 fully saturated rings. The van der Waals surface area contributed by atoms with Crippen LogP contribution >= 0.6 is 0 Å². The third-order valence-corrected chi connectivity index (χ3v) is 6.91. The lowest BCUT2D eigenvalue weighted by molar-refractivity contribution is 0.0730. The molecule has 158 valence electrons. The van der Waals surface area contributed by atoms with Crippen LogP contribution in [0.15, 0.2) is 59.9 Å². The largest absolute Gasteiger partial charge is 0.379 e. The minimum atomic E-state index is -3.68. The first-order chi connectivity index (χ1) is 14.5. The monoisotopic (exact) mass is 429 g/mol. The van der Waals surface area contributed by atoms with Crippen LogP contribution in [0.2, 0.25) is 0 Å². The number of amides is 1. The van der Waals surface area contributed by atoms with Crippen molar-refractivity contribution in [1.29, 1.82) is 0 Å². The van der Waals surface area contributed by atoms with Gasteiger partial charge in [-0.25, -0.2) is 13.4 Å². The summed E-state index contributed by atoms with van der Waals surface area (Å²) >= 11 is 0. The van der Waals surface area contributed by atoms with Crippen molar-refractivity contribution in [3.05, 3.63) is 72.1 Å². The van der Waals surface area contributed by atoms with Gasteiger partial charge in [-0.2, -0.15) is 4.31 Å². The molecule has 10 heteroatoms. The van der Waals surface area contributed by atoms with E-state index >= 15 is 0 Å². The van der Waals surface area contributed by atoms with E-state index in [2.05, 4.69) is 15.3 Å². The van der Waals surface area contributed by atoms with Gasteiger partial charge < -0.3 is 19.6 Å². The molecule has 0 spiro atoms. The second-order valence-electron chi connectivity index (χ2n) is 6.98. The van der Waals surface area contributed by atoms with Crippen LogP contribution < -0.4 is 5.32 Å². The standard InChI is InChI=1S/C20H23N5O4S/c1-24-8-7-21-19(24)18(15-5-3-2-4-6-15)23-20(26)17-13-16(14-22-17)30(27,28)25-9-11-29-12-10-25/h2-8,13-14,18,22H,9-12H2,1H3,(H,23,26). The number of rotatable bonds is 6. The number of imidazole rings is 1. The average molecular weight is 430 g/mol. The third-order valence-electron chi connectivity index (χ3n) is 5.03. The van der Waals surface area contributed by atoms with Crippen molar-refractivity contribution < 1.29 is 17.9 Å². The zero-order valence-corrected chi connectivity index (χ0v) is 17.3. The molecule has 1 aromatic carbocycles. The Balaban J connectivity index is 1.57. The Bertz CT molecular complexity index is 1120. The number of hydrogen-bond donors (Lipinski definition) is 2.